The van der Waals surface area contributed by atoms with Gasteiger partial charge in [-0.1, -0.05) is 19.4 Å². The van der Waals surface area contributed by atoms with Crippen LogP contribution in [0.5, 0.6) is 0 Å². The molecule has 0 bridgehead atoms. The van der Waals surface area contributed by atoms with E-state index in [1.165, 1.54) is 24.5 Å². The number of nitrogens with zero attached hydrogens (tertiary/aromatic N) is 1. The average Bonchev–Trinajstić information content (AvgIpc) is 2.43. The van der Waals surface area contributed by atoms with Crippen molar-refractivity contribution in [2.75, 3.05) is 25.4 Å². The minimum atomic E-state index is -3.60. The summed E-state index contributed by atoms with van der Waals surface area (Å²) >= 11 is 0. The minimum Gasteiger partial charge on any atom is -0.465 e. The smallest absolute Gasteiger partial charge is 0.337 e. The number of ether oxygens (including phenoxy) is 1. The standard InChI is InChI=1S/C13H20N2O4S/c1-4-5-9-15(2)20(17,18)14-12-8-6-7-11(10-12)13(16)19-3/h6-8,10,14H,4-5,9H2,1-3H3. The van der Waals surface area contributed by atoms with Crippen molar-refractivity contribution in [3.05, 3.63) is 29.8 Å². The van der Waals surface area contributed by atoms with E-state index in [0.717, 1.165) is 12.8 Å². The Morgan fingerprint density at radius 3 is 2.70 bits per heavy atom. The van der Waals surface area contributed by atoms with Gasteiger partial charge in [0.15, 0.2) is 0 Å². The summed E-state index contributed by atoms with van der Waals surface area (Å²) < 4.78 is 32.4. The van der Waals surface area contributed by atoms with Crippen LogP contribution in [-0.2, 0) is 14.9 Å². The van der Waals surface area contributed by atoms with Gasteiger partial charge in [0.05, 0.1) is 18.4 Å². The Hall–Kier alpha value is -1.60. The lowest BCUT2D eigenvalue weighted by atomic mass is 10.2. The van der Waals surface area contributed by atoms with Crippen molar-refractivity contribution in [2.45, 2.75) is 19.8 Å². The number of carbonyl (C=O) groups is 1. The largest absolute Gasteiger partial charge is 0.465 e. The number of carbonyl (C=O) groups excluding carboxylic acids is 1. The maximum Gasteiger partial charge on any atom is 0.337 e. The third-order valence-corrected chi connectivity index (χ3v) is 4.26. The SMILES string of the molecule is CCCCN(C)S(=O)(=O)Nc1cccc(C(=O)OC)c1. The first kappa shape index (κ1) is 16.5. The second kappa shape index (κ2) is 7.25. The van der Waals surface area contributed by atoms with E-state index in [4.69, 9.17) is 0 Å². The molecule has 0 fully saturated rings. The van der Waals surface area contributed by atoms with Gasteiger partial charge in [0.1, 0.15) is 0 Å². The van der Waals surface area contributed by atoms with E-state index < -0.39 is 16.2 Å². The molecule has 0 radical (unpaired) electrons. The highest BCUT2D eigenvalue weighted by Crippen LogP contribution is 2.14. The van der Waals surface area contributed by atoms with E-state index in [9.17, 15) is 13.2 Å². The van der Waals surface area contributed by atoms with E-state index in [1.807, 2.05) is 6.92 Å². The molecule has 0 atom stereocenters. The van der Waals surface area contributed by atoms with Crippen LogP contribution in [0.4, 0.5) is 5.69 Å². The van der Waals surface area contributed by atoms with Crippen molar-refractivity contribution in [2.24, 2.45) is 0 Å². The summed E-state index contributed by atoms with van der Waals surface area (Å²) in [6.07, 6.45) is 1.71. The predicted octanol–water partition coefficient (Wildman–Crippen LogP) is 1.86. The van der Waals surface area contributed by atoms with Crippen LogP contribution in [0.1, 0.15) is 30.1 Å². The van der Waals surface area contributed by atoms with Gasteiger partial charge in [0.2, 0.25) is 0 Å². The minimum absolute atomic E-state index is 0.295. The van der Waals surface area contributed by atoms with Gasteiger partial charge in [0.25, 0.3) is 0 Å². The molecule has 7 heteroatoms. The summed E-state index contributed by atoms with van der Waals surface area (Å²) in [5, 5.41) is 0. The zero-order chi connectivity index (χ0) is 15.2. The van der Waals surface area contributed by atoms with Crippen molar-refractivity contribution >= 4 is 21.9 Å². The van der Waals surface area contributed by atoms with Gasteiger partial charge >= 0.3 is 16.2 Å². The molecule has 1 rings (SSSR count). The molecule has 0 unspecified atom stereocenters. The van der Waals surface area contributed by atoms with Crippen molar-refractivity contribution in [1.29, 1.82) is 0 Å². The molecule has 0 saturated heterocycles. The summed E-state index contributed by atoms with van der Waals surface area (Å²) in [5.74, 6) is -0.509. The molecule has 1 N–H and O–H groups in total. The van der Waals surface area contributed by atoms with Gasteiger partial charge in [-0.25, -0.2) is 4.79 Å². The van der Waals surface area contributed by atoms with Crippen molar-refractivity contribution in [3.63, 3.8) is 0 Å². The second-order valence-corrected chi connectivity index (χ2v) is 6.13. The maximum atomic E-state index is 12.1. The second-order valence-electron chi connectivity index (χ2n) is 4.35. The predicted molar refractivity (Wildman–Crippen MR) is 77.9 cm³/mol. The molecule has 20 heavy (non-hydrogen) atoms. The van der Waals surface area contributed by atoms with Crippen LogP contribution in [0, 0.1) is 0 Å². The van der Waals surface area contributed by atoms with Crippen LogP contribution in [0.25, 0.3) is 0 Å². The number of anilines is 1. The Morgan fingerprint density at radius 2 is 2.10 bits per heavy atom. The molecule has 0 spiro atoms. The maximum absolute atomic E-state index is 12.1. The number of hydrogen-bond acceptors (Lipinski definition) is 4. The summed E-state index contributed by atoms with van der Waals surface area (Å²) in [4.78, 5) is 11.4. The average molecular weight is 300 g/mol. The highest BCUT2D eigenvalue weighted by atomic mass is 32.2. The fraction of sp³-hybridized carbons (Fsp3) is 0.462. The molecule has 0 amide bonds. The topological polar surface area (TPSA) is 75.7 Å². The van der Waals surface area contributed by atoms with E-state index in [2.05, 4.69) is 9.46 Å². The Morgan fingerprint density at radius 1 is 1.40 bits per heavy atom. The number of unbranched alkanes of at least 4 members (excludes halogenated alkanes) is 1. The van der Waals surface area contributed by atoms with E-state index in [1.54, 1.807) is 18.2 Å². The number of rotatable bonds is 7. The van der Waals surface area contributed by atoms with Gasteiger partial charge in [-0.3, -0.25) is 4.72 Å². The molecule has 0 aliphatic heterocycles. The van der Waals surface area contributed by atoms with Crippen LogP contribution in [-0.4, -0.2) is 39.4 Å². The summed E-state index contributed by atoms with van der Waals surface area (Å²) in [7, 11) is -0.812. The molecule has 0 aliphatic rings. The summed E-state index contributed by atoms with van der Waals surface area (Å²) in [6, 6.07) is 6.18. The van der Waals surface area contributed by atoms with Crippen molar-refractivity contribution < 1.29 is 17.9 Å². The van der Waals surface area contributed by atoms with Crippen LogP contribution in [0.3, 0.4) is 0 Å². The van der Waals surface area contributed by atoms with Gasteiger partial charge in [-0.05, 0) is 24.6 Å². The highest BCUT2D eigenvalue weighted by molar-refractivity contribution is 7.90. The molecule has 0 saturated carbocycles. The van der Waals surface area contributed by atoms with E-state index in [0.29, 0.717) is 17.8 Å². The lowest BCUT2D eigenvalue weighted by Crippen LogP contribution is -2.33. The molecular weight excluding hydrogens is 280 g/mol. The zero-order valence-corrected chi connectivity index (χ0v) is 12.7. The van der Waals surface area contributed by atoms with Gasteiger partial charge in [-0.15, -0.1) is 0 Å². The fourth-order valence-corrected chi connectivity index (χ4v) is 2.51. The van der Waals surface area contributed by atoms with E-state index in [-0.39, 0.29) is 0 Å². The van der Waals surface area contributed by atoms with Gasteiger partial charge < -0.3 is 4.74 Å². The molecule has 0 aliphatic carbocycles. The Kier molecular flexibility index (Phi) is 5.97. The summed E-state index contributed by atoms with van der Waals surface area (Å²) in [6.45, 7) is 2.44. The zero-order valence-electron chi connectivity index (χ0n) is 11.9. The summed E-state index contributed by atoms with van der Waals surface area (Å²) in [5.41, 5.74) is 0.625. The molecule has 0 heterocycles. The fourth-order valence-electron chi connectivity index (χ4n) is 1.56. The lowest BCUT2D eigenvalue weighted by molar-refractivity contribution is 0.0601. The number of methoxy groups -OCH3 is 1. The normalized spacial score (nSPS) is 11.4. The number of hydrogen-bond donors (Lipinski definition) is 1. The molecule has 112 valence electrons. The molecule has 0 aromatic heterocycles. The first-order chi connectivity index (χ1) is 9.40. The van der Waals surface area contributed by atoms with Crippen LogP contribution in [0.2, 0.25) is 0 Å². The monoisotopic (exact) mass is 300 g/mol. The van der Waals surface area contributed by atoms with Crippen LogP contribution in [0.15, 0.2) is 24.3 Å². The molecule has 1 aromatic rings. The van der Waals surface area contributed by atoms with Crippen LogP contribution >= 0.6 is 0 Å². The first-order valence-electron chi connectivity index (χ1n) is 6.33. The van der Waals surface area contributed by atoms with Gasteiger partial charge in [-0.2, -0.15) is 12.7 Å². The quantitative estimate of drug-likeness (QED) is 0.780. The first-order valence-corrected chi connectivity index (χ1v) is 7.77. The van der Waals surface area contributed by atoms with Crippen molar-refractivity contribution in [3.8, 4) is 0 Å². The Labute approximate surface area is 119 Å². The number of esters is 1. The third-order valence-electron chi connectivity index (χ3n) is 2.77. The van der Waals surface area contributed by atoms with Gasteiger partial charge in [0, 0.05) is 13.6 Å². The lowest BCUT2D eigenvalue weighted by Gasteiger charge is -2.18. The van der Waals surface area contributed by atoms with Crippen LogP contribution < -0.4 is 4.72 Å². The van der Waals surface area contributed by atoms with E-state index >= 15 is 0 Å². The number of benzene rings is 1. The third kappa shape index (κ3) is 4.50. The Balaban J connectivity index is 2.84. The highest BCUT2D eigenvalue weighted by Gasteiger charge is 2.17. The van der Waals surface area contributed by atoms with Crippen molar-refractivity contribution in [1.82, 2.24) is 4.31 Å². The molecular formula is C13H20N2O4S. The number of nitrogens with one attached hydrogen (secondary N) is 1. The molecule has 1 aromatic carbocycles. The molecule has 6 nitrogen and oxygen atoms in total. The Bertz CT molecular complexity index is 557.